The molecule has 0 aromatic carbocycles. The average molecular weight is 163 g/mol. The molecule has 0 aromatic heterocycles. The van der Waals surface area contributed by atoms with E-state index >= 15 is 0 Å². The van der Waals surface area contributed by atoms with E-state index in [0.717, 1.165) is 0 Å². The van der Waals surface area contributed by atoms with Gasteiger partial charge in [-0.3, -0.25) is 10.1 Å². The molecule has 0 saturated heterocycles. The Labute approximate surface area is 62.9 Å². The van der Waals surface area contributed by atoms with Crippen molar-refractivity contribution in [3.8, 4) is 0 Å². The smallest absolute Gasteiger partial charge is 0.384 e. The minimum Gasteiger partial charge on any atom is -0.461 e. The summed E-state index contributed by atoms with van der Waals surface area (Å²) in [4.78, 5) is 19.7. The van der Waals surface area contributed by atoms with Gasteiger partial charge in [0.05, 0.1) is 6.61 Å². The van der Waals surface area contributed by atoms with E-state index in [0.29, 0.717) is 0 Å². The van der Waals surface area contributed by atoms with E-state index in [9.17, 15) is 14.9 Å². The molecule has 11 heavy (non-hydrogen) atoms. The van der Waals surface area contributed by atoms with E-state index in [1.54, 1.807) is 0 Å². The lowest BCUT2D eigenvalue weighted by atomic mass is 10.3. The van der Waals surface area contributed by atoms with Crippen LogP contribution in [0.25, 0.3) is 0 Å². The highest BCUT2D eigenvalue weighted by Gasteiger charge is 2.29. The maximum Gasteiger partial charge on any atom is 0.384 e. The van der Waals surface area contributed by atoms with Crippen molar-refractivity contribution in [3.05, 3.63) is 10.1 Å². The van der Waals surface area contributed by atoms with E-state index in [4.69, 9.17) is 5.11 Å². The maximum atomic E-state index is 10.6. The molecule has 1 atom stereocenters. The third kappa shape index (κ3) is 2.94. The molecule has 0 radical (unpaired) electrons. The number of carbonyl (C=O) groups is 1. The highest BCUT2D eigenvalue weighted by atomic mass is 16.6. The van der Waals surface area contributed by atoms with Gasteiger partial charge in [0.15, 0.2) is 0 Å². The fourth-order valence-electron chi connectivity index (χ4n) is 0.466. The van der Waals surface area contributed by atoms with Crippen molar-refractivity contribution in [2.24, 2.45) is 0 Å². The summed E-state index contributed by atoms with van der Waals surface area (Å²) in [5, 5.41) is 18.3. The van der Waals surface area contributed by atoms with E-state index in [1.165, 1.54) is 6.92 Å². The van der Waals surface area contributed by atoms with Gasteiger partial charge in [-0.25, -0.2) is 4.79 Å². The van der Waals surface area contributed by atoms with Crippen molar-refractivity contribution >= 4 is 5.97 Å². The first kappa shape index (κ1) is 9.83. The lowest BCUT2D eigenvalue weighted by Gasteiger charge is -2.04. The second-order valence-corrected chi connectivity index (χ2v) is 1.74. The monoisotopic (exact) mass is 163 g/mol. The van der Waals surface area contributed by atoms with Gasteiger partial charge in [0, 0.05) is 4.92 Å². The van der Waals surface area contributed by atoms with E-state index in [2.05, 4.69) is 4.74 Å². The van der Waals surface area contributed by atoms with Crippen molar-refractivity contribution in [2.75, 3.05) is 13.2 Å². The van der Waals surface area contributed by atoms with Gasteiger partial charge in [-0.05, 0) is 6.92 Å². The molecule has 0 aliphatic rings. The Morgan fingerprint density at radius 3 is 2.64 bits per heavy atom. The van der Waals surface area contributed by atoms with Gasteiger partial charge in [-0.1, -0.05) is 0 Å². The molecule has 1 unspecified atom stereocenters. The Morgan fingerprint density at radius 1 is 1.82 bits per heavy atom. The lowest BCUT2D eigenvalue weighted by molar-refractivity contribution is -0.513. The molecular weight excluding hydrogens is 154 g/mol. The van der Waals surface area contributed by atoms with Gasteiger partial charge in [-0.2, -0.15) is 0 Å². The van der Waals surface area contributed by atoms with Crippen LogP contribution in [0.3, 0.4) is 0 Å². The molecule has 0 aromatic rings. The van der Waals surface area contributed by atoms with Crippen LogP contribution in [0.5, 0.6) is 0 Å². The molecule has 6 heteroatoms. The Kier molecular flexibility index (Phi) is 4.12. The molecule has 1 N–H and O–H groups in total. The van der Waals surface area contributed by atoms with Gasteiger partial charge in [0.2, 0.25) is 0 Å². The van der Waals surface area contributed by atoms with Crippen LogP contribution < -0.4 is 0 Å². The summed E-state index contributed by atoms with van der Waals surface area (Å²) < 4.78 is 4.32. The summed E-state index contributed by atoms with van der Waals surface area (Å²) in [6.07, 6.45) is 0. The third-order valence-corrected chi connectivity index (χ3v) is 0.986. The molecule has 0 rings (SSSR count). The number of aliphatic hydroxyl groups is 1. The molecule has 0 saturated carbocycles. The summed E-state index contributed by atoms with van der Waals surface area (Å²) in [6.45, 7) is 0.779. The number of carbonyl (C=O) groups excluding carboxylic acids is 1. The van der Waals surface area contributed by atoms with Crippen molar-refractivity contribution in [1.29, 1.82) is 0 Å². The molecule has 0 aliphatic carbocycles. The number of hydrogen-bond donors (Lipinski definition) is 1. The van der Waals surface area contributed by atoms with Gasteiger partial charge in [0.25, 0.3) is 0 Å². The Morgan fingerprint density at radius 2 is 2.36 bits per heavy atom. The van der Waals surface area contributed by atoms with Crippen LogP contribution in [0.4, 0.5) is 0 Å². The van der Waals surface area contributed by atoms with Crippen LogP contribution in [0, 0.1) is 10.1 Å². The molecule has 0 spiro atoms. The number of rotatable bonds is 4. The maximum absolute atomic E-state index is 10.6. The highest BCUT2D eigenvalue weighted by molar-refractivity contribution is 5.74. The summed E-state index contributed by atoms with van der Waals surface area (Å²) >= 11 is 0. The molecule has 0 aliphatic heterocycles. The predicted octanol–water partition coefficient (Wildman–Crippen LogP) is -0.813. The minimum absolute atomic E-state index is 0.0726. The highest BCUT2D eigenvalue weighted by Crippen LogP contribution is 1.92. The normalized spacial score (nSPS) is 12.2. The predicted molar refractivity (Wildman–Crippen MR) is 34.5 cm³/mol. The number of nitrogens with zero attached hydrogens (tertiary/aromatic N) is 1. The molecule has 0 heterocycles. The third-order valence-electron chi connectivity index (χ3n) is 0.986. The fourth-order valence-corrected chi connectivity index (χ4v) is 0.466. The molecular formula is C5H9NO5. The lowest BCUT2D eigenvalue weighted by Crippen LogP contribution is -2.34. The zero-order chi connectivity index (χ0) is 8.85. The van der Waals surface area contributed by atoms with Gasteiger partial charge in [-0.15, -0.1) is 0 Å². The van der Waals surface area contributed by atoms with Crippen molar-refractivity contribution in [1.82, 2.24) is 0 Å². The summed E-state index contributed by atoms with van der Waals surface area (Å²) in [5.41, 5.74) is 0. The summed E-state index contributed by atoms with van der Waals surface area (Å²) in [7, 11) is 0. The quantitative estimate of drug-likeness (QED) is 0.332. The second-order valence-electron chi connectivity index (χ2n) is 1.74. The van der Waals surface area contributed by atoms with Crippen molar-refractivity contribution < 1.29 is 19.6 Å². The SMILES string of the molecule is CCOC(=O)C(CO)[N+](=O)[O-]. The van der Waals surface area contributed by atoms with E-state index in [-0.39, 0.29) is 6.61 Å². The van der Waals surface area contributed by atoms with Crippen molar-refractivity contribution in [3.63, 3.8) is 0 Å². The number of nitro groups is 1. The second kappa shape index (κ2) is 4.62. The summed E-state index contributed by atoms with van der Waals surface area (Å²) in [5.74, 6) is -1.000. The Bertz CT molecular complexity index is 157. The molecule has 0 fully saturated rings. The van der Waals surface area contributed by atoms with Crippen LogP contribution in [0.15, 0.2) is 0 Å². The van der Waals surface area contributed by atoms with E-state index < -0.39 is 23.5 Å². The van der Waals surface area contributed by atoms with Gasteiger partial charge in [0.1, 0.15) is 6.61 Å². The molecule has 6 nitrogen and oxygen atoms in total. The first-order chi connectivity index (χ1) is 5.13. The Hall–Kier alpha value is -1.17. The van der Waals surface area contributed by atoms with Crippen LogP contribution in [0.2, 0.25) is 0 Å². The molecule has 0 amide bonds. The number of esters is 1. The van der Waals surface area contributed by atoms with E-state index in [1.807, 2.05) is 0 Å². The average Bonchev–Trinajstić information content (AvgIpc) is 1.88. The number of aliphatic hydroxyl groups excluding tert-OH is 1. The van der Waals surface area contributed by atoms with Gasteiger partial charge < -0.3 is 9.84 Å². The van der Waals surface area contributed by atoms with Crippen LogP contribution in [0.1, 0.15) is 6.92 Å². The van der Waals surface area contributed by atoms with Crippen molar-refractivity contribution in [2.45, 2.75) is 13.0 Å². The Balaban J connectivity index is 4.03. The zero-order valence-corrected chi connectivity index (χ0v) is 6.02. The van der Waals surface area contributed by atoms with Gasteiger partial charge >= 0.3 is 12.0 Å². The summed E-state index contributed by atoms with van der Waals surface area (Å²) in [6, 6.07) is -1.64. The standard InChI is InChI=1S/C5H9NO5/c1-2-11-5(8)4(3-7)6(9)10/h4,7H,2-3H2,1H3. The number of ether oxygens (including phenoxy) is 1. The molecule has 64 valence electrons. The zero-order valence-electron chi connectivity index (χ0n) is 6.02. The molecule has 0 bridgehead atoms. The van der Waals surface area contributed by atoms with Crippen LogP contribution >= 0.6 is 0 Å². The topological polar surface area (TPSA) is 89.7 Å². The van der Waals surface area contributed by atoms with Crippen LogP contribution in [-0.4, -0.2) is 35.3 Å². The largest absolute Gasteiger partial charge is 0.461 e. The minimum atomic E-state index is -1.64. The fraction of sp³-hybridized carbons (Fsp3) is 0.800. The number of hydrogen-bond acceptors (Lipinski definition) is 5. The first-order valence-electron chi connectivity index (χ1n) is 3.04. The van der Waals surface area contributed by atoms with Crippen LogP contribution in [-0.2, 0) is 9.53 Å². The first-order valence-corrected chi connectivity index (χ1v) is 3.04.